The van der Waals surface area contributed by atoms with Crippen molar-refractivity contribution in [1.29, 1.82) is 0 Å². The molecule has 2 aromatic rings. The summed E-state index contributed by atoms with van der Waals surface area (Å²) in [6.45, 7) is 3.24. The molecule has 37 heavy (non-hydrogen) atoms. The Morgan fingerprint density at radius 3 is 2.62 bits per heavy atom. The van der Waals surface area contributed by atoms with Crippen molar-refractivity contribution in [3.05, 3.63) is 68.7 Å². The molecule has 1 aromatic heterocycles. The zero-order chi connectivity index (χ0) is 27.6. The topological polar surface area (TPSA) is 120 Å². The van der Waals surface area contributed by atoms with E-state index in [2.05, 4.69) is 5.32 Å². The maximum Gasteiger partial charge on any atom is 0.338 e. The predicted molar refractivity (Wildman–Crippen MR) is 143 cm³/mol. The Kier molecular flexibility index (Phi) is 11.9. The first-order chi connectivity index (χ1) is 17.6. The van der Waals surface area contributed by atoms with Crippen molar-refractivity contribution in [1.82, 2.24) is 4.31 Å². The summed E-state index contributed by atoms with van der Waals surface area (Å²) in [6.07, 6.45) is 1.46. The number of carbonyl (C=O) groups is 1. The number of methoxy groups -OCH3 is 1. The van der Waals surface area contributed by atoms with E-state index in [-0.39, 0.29) is 38.6 Å². The van der Waals surface area contributed by atoms with Gasteiger partial charge in [0.1, 0.15) is 11.6 Å². The van der Waals surface area contributed by atoms with Crippen molar-refractivity contribution < 1.29 is 31.8 Å². The minimum atomic E-state index is -4.20. The number of carbonyl (C=O) groups excluding carboxylic acids is 1. The van der Waals surface area contributed by atoms with Gasteiger partial charge in [-0.15, -0.1) is 11.3 Å². The number of ether oxygens (including phenoxy) is 3. The molecule has 0 radical (unpaired) electrons. The Labute approximate surface area is 225 Å². The van der Waals surface area contributed by atoms with E-state index in [4.69, 9.17) is 31.5 Å². The Balaban J connectivity index is 2.42. The highest BCUT2D eigenvalue weighted by atomic mass is 35.5. The number of thiophene rings is 1. The third-order valence-corrected chi connectivity index (χ3v) is 8.29. The van der Waals surface area contributed by atoms with Gasteiger partial charge < -0.3 is 25.3 Å². The van der Waals surface area contributed by atoms with Gasteiger partial charge in [-0.1, -0.05) is 17.7 Å². The fraction of sp³-hybridized carbons (Fsp3) is 0.375. The van der Waals surface area contributed by atoms with Crippen molar-refractivity contribution >= 4 is 44.6 Å². The molecule has 1 atom stereocenters. The number of likely N-dealkylation sites (N-methyl/N-ethyl adjacent to an activating group) is 1. The number of nitrogens with one attached hydrogen (secondary N) is 1. The third-order valence-electron chi connectivity index (χ3n) is 5.03. The molecule has 0 amide bonds. The van der Waals surface area contributed by atoms with Crippen molar-refractivity contribution in [2.45, 2.75) is 25.0 Å². The van der Waals surface area contributed by atoms with Gasteiger partial charge in [0.2, 0.25) is 0 Å². The van der Waals surface area contributed by atoms with E-state index in [0.29, 0.717) is 17.9 Å². The average Bonchev–Trinajstić information content (AvgIpc) is 3.29. The number of esters is 1. The average molecular weight is 576 g/mol. The van der Waals surface area contributed by atoms with Gasteiger partial charge in [0.05, 0.1) is 33.7 Å². The van der Waals surface area contributed by atoms with Crippen LogP contribution in [-0.2, 0) is 24.2 Å². The number of benzene rings is 1. The standard InChI is InChI=1S/C24H31ClFN3O6S2/c1-5-34-15-16(13-26)10-19(14-27)29(3)37(31,32)20-12-21(25)36-22(20)23(33-4)28-18-9-7-8-17(11-18)24(30)35-6-2/h7-12,14,23,28H,5-6,13,15,27H2,1-4H3/b16-10-,19-14+. The summed E-state index contributed by atoms with van der Waals surface area (Å²) in [6, 6.07) is 7.83. The monoisotopic (exact) mass is 575 g/mol. The minimum Gasteiger partial charge on any atom is -0.462 e. The Hall–Kier alpha value is -2.64. The third kappa shape index (κ3) is 7.92. The van der Waals surface area contributed by atoms with E-state index in [1.165, 1.54) is 26.3 Å². The molecule has 204 valence electrons. The molecule has 0 saturated heterocycles. The van der Waals surface area contributed by atoms with Gasteiger partial charge in [-0.25, -0.2) is 17.6 Å². The second-order valence-corrected chi connectivity index (χ2v) is 11.1. The Morgan fingerprint density at radius 2 is 2.03 bits per heavy atom. The highest BCUT2D eigenvalue weighted by Gasteiger charge is 2.31. The molecule has 1 heterocycles. The number of anilines is 1. The molecule has 1 aromatic carbocycles. The number of nitrogens with two attached hydrogens (primary N) is 1. The van der Waals surface area contributed by atoms with Crippen molar-refractivity contribution in [3.8, 4) is 0 Å². The number of allylic oxidation sites excluding steroid dienone is 1. The largest absolute Gasteiger partial charge is 0.462 e. The number of sulfonamides is 1. The fourth-order valence-electron chi connectivity index (χ4n) is 3.17. The van der Waals surface area contributed by atoms with Crippen LogP contribution in [0.5, 0.6) is 0 Å². The lowest BCUT2D eigenvalue weighted by atomic mass is 10.2. The molecule has 0 fully saturated rings. The molecular weight excluding hydrogens is 545 g/mol. The van der Waals surface area contributed by atoms with E-state index in [0.717, 1.165) is 21.8 Å². The number of alkyl halides is 1. The van der Waals surface area contributed by atoms with Crippen LogP contribution in [-0.4, -0.2) is 59.3 Å². The summed E-state index contributed by atoms with van der Waals surface area (Å²) in [5.41, 5.74) is 6.78. The normalized spacial score (nSPS) is 13.4. The van der Waals surface area contributed by atoms with E-state index < -0.39 is 28.9 Å². The summed E-state index contributed by atoms with van der Waals surface area (Å²) in [7, 11) is -1.50. The van der Waals surface area contributed by atoms with Crippen LogP contribution in [0.3, 0.4) is 0 Å². The van der Waals surface area contributed by atoms with Crippen LogP contribution in [0.4, 0.5) is 10.1 Å². The lowest BCUT2D eigenvalue weighted by Crippen LogP contribution is -2.28. The Morgan fingerprint density at radius 1 is 1.30 bits per heavy atom. The van der Waals surface area contributed by atoms with Crippen LogP contribution in [0, 0.1) is 0 Å². The zero-order valence-electron chi connectivity index (χ0n) is 21.0. The minimum absolute atomic E-state index is 0.00567. The summed E-state index contributed by atoms with van der Waals surface area (Å²) >= 11 is 7.25. The smallest absolute Gasteiger partial charge is 0.338 e. The van der Waals surface area contributed by atoms with Crippen molar-refractivity contribution in [2.75, 3.05) is 46.0 Å². The van der Waals surface area contributed by atoms with Crippen LogP contribution in [0.2, 0.25) is 4.34 Å². The molecule has 13 heteroatoms. The molecule has 0 saturated carbocycles. The van der Waals surface area contributed by atoms with Crippen LogP contribution in [0.25, 0.3) is 0 Å². The van der Waals surface area contributed by atoms with E-state index >= 15 is 0 Å². The molecular formula is C24H31ClFN3O6S2. The lowest BCUT2D eigenvalue weighted by molar-refractivity contribution is 0.0526. The highest BCUT2D eigenvalue weighted by molar-refractivity contribution is 7.89. The first kappa shape index (κ1) is 30.6. The maximum atomic E-state index is 13.6. The summed E-state index contributed by atoms with van der Waals surface area (Å²) < 4.78 is 57.7. The van der Waals surface area contributed by atoms with Gasteiger partial charge in [0.25, 0.3) is 10.0 Å². The van der Waals surface area contributed by atoms with E-state index in [9.17, 15) is 17.6 Å². The molecule has 0 bridgehead atoms. The van der Waals surface area contributed by atoms with Gasteiger partial charge in [0, 0.05) is 32.7 Å². The second kappa shape index (κ2) is 14.3. The van der Waals surface area contributed by atoms with Gasteiger partial charge in [-0.05, 0) is 49.8 Å². The lowest BCUT2D eigenvalue weighted by Gasteiger charge is -2.23. The van der Waals surface area contributed by atoms with Gasteiger partial charge in [0.15, 0.2) is 6.23 Å². The van der Waals surface area contributed by atoms with Crippen LogP contribution in [0.15, 0.2) is 58.8 Å². The highest BCUT2D eigenvalue weighted by Crippen LogP contribution is 2.38. The number of hydrogen-bond acceptors (Lipinski definition) is 9. The van der Waals surface area contributed by atoms with Crippen LogP contribution in [0.1, 0.15) is 35.3 Å². The van der Waals surface area contributed by atoms with Crippen LogP contribution < -0.4 is 11.1 Å². The predicted octanol–water partition coefficient (Wildman–Crippen LogP) is 4.69. The summed E-state index contributed by atoms with van der Waals surface area (Å²) in [5, 5.41) is 3.08. The quantitative estimate of drug-likeness (QED) is 0.189. The van der Waals surface area contributed by atoms with E-state index in [1.807, 2.05) is 0 Å². The molecule has 0 aliphatic carbocycles. The van der Waals surface area contributed by atoms with Crippen molar-refractivity contribution in [3.63, 3.8) is 0 Å². The number of hydrogen-bond donors (Lipinski definition) is 2. The second-order valence-electron chi connectivity index (χ2n) is 7.48. The molecule has 0 spiro atoms. The van der Waals surface area contributed by atoms with Gasteiger partial charge >= 0.3 is 5.97 Å². The summed E-state index contributed by atoms with van der Waals surface area (Å²) in [5.74, 6) is -0.490. The van der Waals surface area contributed by atoms with Crippen molar-refractivity contribution in [2.24, 2.45) is 5.73 Å². The van der Waals surface area contributed by atoms with Gasteiger partial charge in [-0.2, -0.15) is 0 Å². The molecule has 0 aliphatic heterocycles. The molecule has 3 N–H and O–H groups in total. The maximum absolute atomic E-state index is 13.6. The summed E-state index contributed by atoms with van der Waals surface area (Å²) in [4.78, 5) is 12.2. The zero-order valence-corrected chi connectivity index (χ0v) is 23.4. The fourth-order valence-corrected chi connectivity index (χ4v) is 6.23. The number of nitrogens with zero attached hydrogens (tertiary/aromatic N) is 1. The number of halogens is 2. The SMILES string of the molecule is CCOC/C(=C\C(=C/N)N(C)S(=O)(=O)c1cc(Cl)sc1C(Nc1cccc(C(=O)OCC)c1)OC)CF. The van der Waals surface area contributed by atoms with E-state index in [1.54, 1.807) is 38.1 Å². The number of rotatable bonds is 14. The molecule has 0 aliphatic rings. The molecule has 2 rings (SSSR count). The van der Waals surface area contributed by atoms with Crippen LogP contribution >= 0.6 is 22.9 Å². The first-order valence-corrected chi connectivity index (χ1v) is 13.9. The Bertz CT molecular complexity index is 1230. The first-order valence-electron chi connectivity index (χ1n) is 11.2. The molecule has 1 unspecified atom stereocenters. The molecule has 9 nitrogen and oxygen atoms in total. The van der Waals surface area contributed by atoms with Gasteiger partial charge in [-0.3, -0.25) is 4.31 Å².